The van der Waals surface area contributed by atoms with Crippen molar-refractivity contribution in [3.63, 3.8) is 0 Å². The van der Waals surface area contributed by atoms with Crippen LogP contribution in [0, 0.1) is 0 Å². The smallest absolute Gasteiger partial charge is 0.348 e. The van der Waals surface area contributed by atoms with Gasteiger partial charge in [0, 0.05) is 27.9 Å². The number of piperidine rings is 1. The number of hydrogen-bond donors (Lipinski definition) is 1. The molecular formula is C22H26B8ClF2N3O4. The van der Waals surface area contributed by atoms with Gasteiger partial charge in [-0.3, -0.25) is 24.5 Å². The van der Waals surface area contributed by atoms with Gasteiger partial charge in [-0.1, -0.05) is 45.7 Å². The van der Waals surface area contributed by atoms with E-state index in [1.807, 2.05) is 31.4 Å². The third-order valence-electron chi connectivity index (χ3n) is 8.71. The first kappa shape index (κ1) is 30.2. The van der Waals surface area contributed by atoms with E-state index in [2.05, 4.69) is 5.32 Å². The van der Waals surface area contributed by atoms with Crippen LogP contribution in [0.1, 0.15) is 39.9 Å². The minimum absolute atomic E-state index is 0.122. The zero-order valence-corrected chi connectivity index (χ0v) is 24.7. The molecule has 18 heteroatoms. The Bertz CT molecular complexity index is 1480. The molecule has 0 aromatic heterocycles. The van der Waals surface area contributed by atoms with E-state index < -0.39 is 40.0 Å². The van der Waals surface area contributed by atoms with Crippen LogP contribution in [0.25, 0.3) is 0 Å². The first-order valence-electron chi connectivity index (χ1n) is 13.1. The number of nitrogens with one attached hydrogen (secondary N) is 1. The zero-order valence-electron chi connectivity index (χ0n) is 24.0. The fourth-order valence-electron chi connectivity index (χ4n) is 6.48. The van der Waals surface area contributed by atoms with Crippen LogP contribution in [0.4, 0.5) is 8.78 Å². The standard InChI is InChI=1S/C22H26B8ClF2N3O4/c23-14-11-12(21(26,27)35(18(11)39)9-5-6-10(37)34-17(9)38)15(24)13(16(14)25)22(28,29)36(30)19(40)20(32,33)7-1-3-8(31)4-2-7/h1-4,9H,5-6,23-30H2,(H,34,37,38). The topological polar surface area (TPSA) is 86.8 Å². The van der Waals surface area contributed by atoms with Gasteiger partial charge in [0.05, 0.1) is 0 Å². The first-order valence-corrected chi connectivity index (χ1v) is 13.5. The summed E-state index contributed by atoms with van der Waals surface area (Å²) in [6.07, 6.45) is 0.330. The van der Waals surface area contributed by atoms with Crippen molar-refractivity contribution in [1.29, 1.82) is 0 Å². The fraction of sp³-hybridized carbons (Fsp3) is 0.273. The number of imide groups is 1. The van der Waals surface area contributed by atoms with Gasteiger partial charge in [-0.05, 0) is 29.5 Å². The lowest BCUT2D eigenvalue weighted by Crippen LogP contribution is -2.61. The van der Waals surface area contributed by atoms with Crippen LogP contribution in [0.15, 0.2) is 24.3 Å². The highest BCUT2D eigenvalue weighted by Crippen LogP contribution is 2.38. The second kappa shape index (κ2) is 9.93. The highest BCUT2D eigenvalue weighted by atomic mass is 35.5. The molecule has 0 spiro atoms. The summed E-state index contributed by atoms with van der Waals surface area (Å²) < 4.78 is 30.9. The zero-order chi connectivity index (χ0) is 30.1. The maximum Gasteiger partial charge on any atom is 0.348 e. The van der Waals surface area contributed by atoms with Gasteiger partial charge in [0.15, 0.2) is 0 Å². The summed E-state index contributed by atoms with van der Waals surface area (Å²) in [5, 5.41) is 0.460. The maximum atomic E-state index is 15.4. The number of fused-ring (bicyclic) bond motifs is 1. The maximum absolute atomic E-state index is 15.4. The Balaban J connectivity index is 1.82. The SMILES string of the molecule is Bc1c(B)c(C(B)(B)N(B)C(=O)C(F)(F)c2ccc(Cl)cc2)c(B)c2c1C(=O)N(C1CCC(=O)NC1=O)C2(B)B. The molecule has 40 heavy (non-hydrogen) atoms. The largest absolute Gasteiger partial charge is 0.393 e. The summed E-state index contributed by atoms with van der Waals surface area (Å²) in [6.45, 7) is 0. The number of halogens is 3. The molecule has 0 radical (unpaired) electrons. The van der Waals surface area contributed by atoms with Gasteiger partial charge < -0.3 is 9.71 Å². The summed E-state index contributed by atoms with van der Waals surface area (Å²) in [7, 11) is 13.8. The molecule has 7 nitrogen and oxygen atoms in total. The van der Waals surface area contributed by atoms with Crippen LogP contribution in [0.5, 0.6) is 0 Å². The van der Waals surface area contributed by atoms with Gasteiger partial charge in [0.25, 0.3) is 11.8 Å². The van der Waals surface area contributed by atoms with E-state index in [1.54, 1.807) is 23.5 Å². The molecule has 1 N–H and O–H groups in total. The Morgan fingerprint density at radius 2 is 1.62 bits per heavy atom. The molecule has 2 heterocycles. The number of hydrogen-bond acceptors (Lipinski definition) is 4. The number of alkyl halides is 2. The lowest BCUT2D eigenvalue weighted by atomic mass is 9.47. The number of amides is 4. The lowest BCUT2D eigenvalue weighted by molar-refractivity contribution is -0.155. The molecule has 2 aromatic rings. The van der Waals surface area contributed by atoms with Crippen molar-refractivity contribution in [3.05, 3.63) is 51.5 Å². The molecular weight excluding hydrogens is 530 g/mol. The van der Waals surface area contributed by atoms with Crippen LogP contribution < -0.4 is 21.7 Å². The summed E-state index contributed by atoms with van der Waals surface area (Å²) in [4.78, 5) is 54.3. The third kappa shape index (κ3) is 4.45. The molecule has 4 rings (SSSR count). The highest BCUT2D eigenvalue weighted by Gasteiger charge is 2.52. The van der Waals surface area contributed by atoms with Crippen molar-refractivity contribution in [2.45, 2.75) is 35.5 Å². The minimum atomic E-state index is -3.80. The lowest BCUT2D eigenvalue weighted by Gasteiger charge is -2.44. The number of benzene rings is 2. The second-order valence-electron chi connectivity index (χ2n) is 11.7. The Hall–Kier alpha value is -2.81. The number of nitrogens with zero attached hydrogens (tertiary/aromatic N) is 2. The van der Waals surface area contributed by atoms with Crippen LogP contribution in [-0.2, 0) is 31.0 Å². The molecule has 1 fully saturated rings. The Morgan fingerprint density at radius 1 is 1.05 bits per heavy atom. The molecule has 198 valence electrons. The summed E-state index contributed by atoms with van der Waals surface area (Å²) in [5.41, 5.74) is 3.37. The van der Waals surface area contributed by atoms with Gasteiger partial charge in [-0.2, -0.15) is 8.78 Å². The number of carbonyl (C=O) groups excluding carboxylic acids is 4. The van der Waals surface area contributed by atoms with Crippen molar-refractivity contribution < 1.29 is 28.0 Å². The fourth-order valence-corrected chi connectivity index (χ4v) is 6.60. The first-order chi connectivity index (χ1) is 18.4. The van der Waals surface area contributed by atoms with Crippen LogP contribution in [0.2, 0.25) is 5.02 Å². The second-order valence-corrected chi connectivity index (χ2v) is 12.1. The molecule has 4 amide bonds. The summed E-state index contributed by atoms with van der Waals surface area (Å²) in [5.74, 6) is -6.40. The van der Waals surface area contributed by atoms with Crippen molar-refractivity contribution in [2.75, 3.05) is 0 Å². The van der Waals surface area contributed by atoms with Crippen LogP contribution >= 0.6 is 11.6 Å². The van der Waals surface area contributed by atoms with Crippen molar-refractivity contribution >= 4 is 115 Å². The molecule has 1 unspecified atom stereocenters. The highest BCUT2D eigenvalue weighted by molar-refractivity contribution is 6.59. The predicted molar refractivity (Wildman–Crippen MR) is 172 cm³/mol. The molecule has 0 bridgehead atoms. The van der Waals surface area contributed by atoms with E-state index in [0.717, 1.165) is 16.9 Å². The summed E-state index contributed by atoms with van der Waals surface area (Å²) >= 11 is 5.86. The third-order valence-corrected chi connectivity index (χ3v) is 8.96. The quantitative estimate of drug-likeness (QED) is 0.293. The molecule has 0 saturated carbocycles. The van der Waals surface area contributed by atoms with Gasteiger partial charge in [-0.25, -0.2) is 0 Å². The Kier molecular flexibility index (Phi) is 7.48. The van der Waals surface area contributed by atoms with Gasteiger partial charge >= 0.3 is 5.92 Å². The van der Waals surface area contributed by atoms with E-state index in [1.165, 1.54) is 25.0 Å². The Labute approximate surface area is 244 Å². The molecule has 1 saturated heterocycles. The van der Waals surface area contributed by atoms with Crippen molar-refractivity contribution in [3.8, 4) is 0 Å². The van der Waals surface area contributed by atoms with E-state index in [4.69, 9.17) is 11.6 Å². The molecule has 2 aliphatic heterocycles. The van der Waals surface area contributed by atoms with E-state index >= 15 is 8.78 Å². The van der Waals surface area contributed by atoms with Crippen molar-refractivity contribution in [2.24, 2.45) is 0 Å². The molecule has 1 atom stereocenters. The van der Waals surface area contributed by atoms with E-state index in [0.29, 0.717) is 33.1 Å². The number of carbonyl (C=O) groups is 4. The van der Waals surface area contributed by atoms with Gasteiger partial charge in [-0.15, -0.1) is 0 Å². The molecule has 0 aliphatic carbocycles. The van der Waals surface area contributed by atoms with Crippen molar-refractivity contribution in [1.82, 2.24) is 15.0 Å². The Morgan fingerprint density at radius 3 is 2.17 bits per heavy atom. The average molecular weight is 556 g/mol. The van der Waals surface area contributed by atoms with Gasteiger partial charge in [0.2, 0.25) is 19.8 Å². The van der Waals surface area contributed by atoms with Crippen LogP contribution in [0.3, 0.4) is 0 Å². The average Bonchev–Trinajstić information content (AvgIpc) is 3.07. The van der Waals surface area contributed by atoms with E-state index in [-0.39, 0.29) is 29.7 Å². The minimum Gasteiger partial charge on any atom is -0.393 e. The number of rotatable bonds is 5. The van der Waals surface area contributed by atoms with Gasteiger partial charge in [0.1, 0.15) is 61.0 Å². The summed E-state index contributed by atoms with van der Waals surface area (Å²) in [6, 6.07) is 4.07. The predicted octanol–water partition coefficient (Wildman–Crippen LogP) is -7.70. The molecule has 2 aliphatic rings. The van der Waals surface area contributed by atoms with E-state index in [9.17, 15) is 19.2 Å². The monoisotopic (exact) mass is 557 g/mol. The van der Waals surface area contributed by atoms with Crippen LogP contribution in [-0.4, -0.2) is 102 Å². The molecule has 2 aromatic carbocycles. The normalized spacial score (nSPS) is 18.8.